The average Bonchev–Trinajstić information content (AvgIpc) is 4.02. The first-order chi connectivity index (χ1) is 32.2. The van der Waals surface area contributed by atoms with E-state index in [9.17, 15) is 10.1 Å². The third kappa shape index (κ3) is 22.9. The maximum atomic E-state index is 12.1. The smallest absolute Gasteiger partial charge is 0.294 e. The summed E-state index contributed by atoms with van der Waals surface area (Å²) < 4.78 is 196. The van der Waals surface area contributed by atoms with Crippen molar-refractivity contribution in [2.45, 2.75) is 26.3 Å². The summed E-state index contributed by atoms with van der Waals surface area (Å²) >= 11 is 0. The van der Waals surface area contributed by atoms with Crippen LogP contribution in [0, 0.1) is 17.0 Å². The van der Waals surface area contributed by atoms with Gasteiger partial charge in [0.05, 0.1) is 27.4 Å². The number of nitrogens with zero attached hydrogens (tertiary/aromatic N) is 9. The van der Waals surface area contributed by atoms with Crippen LogP contribution in [0.25, 0.3) is 33.5 Å². The fourth-order valence-electron chi connectivity index (χ4n) is 5.65. The van der Waals surface area contributed by atoms with Gasteiger partial charge in [0.2, 0.25) is 5.95 Å². The Kier molecular flexibility index (Phi) is 55.4. The van der Waals surface area contributed by atoms with E-state index in [1.165, 1.54) is 17.4 Å². The minimum atomic E-state index is -0.344. The number of rotatable bonds is 9. The third-order valence-corrected chi connectivity index (χ3v) is 7.88. The summed E-state index contributed by atoms with van der Waals surface area (Å²) in [5.41, 5.74) is 7.04. The summed E-state index contributed by atoms with van der Waals surface area (Å²) in [5, 5.41) is 20.8. The van der Waals surface area contributed by atoms with Gasteiger partial charge in [-0.15, -0.1) is 0 Å². The number of nitrogens with one attached hydrogen (secondary N) is 1. The van der Waals surface area contributed by atoms with Gasteiger partial charge >= 0.3 is 0 Å². The molecular formula is C30H34F24N10O2. The lowest BCUT2D eigenvalue weighted by molar-refractivity contribution is -0.384. The number of hydrogen-bond acceptors (Lipinski definition) is 9. The Morgan fingerprint density at radius 1 is 0.742 bits per heavy atom. The van der Waals surface area contributed by atoms with E-state index in [0.29, 0.717) is 29.7 Å². The van der Waals surface area contributed by atoms with E-state index in [-0.39, 0.29) is 10.6 Å². The molecule has 1 aliphatic heterocycles. The summed E-state index contributed by atoms with van der Waals surface area (Å²) in [6, 6.07) is 9.83. The first-order valence-corrected chi connectivity index (χ1v) is 15.7. The maximum Gasteiger partial charge on any atom is 0.294 e. The van der Waals surface area contributed by atoms with Crippen molar-refractivity contribution in [3.63, 3.8) is 0 Å². The predicted molar refractivity (Wildman–Crippen MR) is 191 cm³/mol. The van der Waals surface area contributed by atoms with Crippen LogP contribution in [0.5, 0.6) is 0 Å². The van der Waals surface area contributed by atoms with E-state index in [1.807, 2.05) is 51.0 Å². The fraction of sp³-hybridized carbons (Fsp3) is 0.333. The second-order valence-electron chi connectivity index (χ2n) is 11.1. The van der Waals surface area contributed by atoms with Crippen LogP contribution in [0.2, 0.25) is 0 Å². The van der Waals surface area contributed by atoms with Crippen molar-refractivity contribution in [2.75, 3.05) is 44.4 Å². The number of anilines is 3. The highest BCUT2D eigenvalue weighted by Gasteiger charge is 2.24. The summed E-state index contributed by atoms with van der Waals surface area (Å²) in [6.07, 6.45) is 7.56. The van der Waals surface area contributed by atoms with Crippen LogP contribution in [0.1, 0.15) is 17.5 Å². The lowest BCUT2D eigenvalue weighted by atomic mass is 10.0. The molecule has 0 radical (unpaired) electrons. The lowest BCUT2D eigenvalue weighted by Crippen LogP contribution is -2.29. The number of hydrogen-bond donors (Lipinski definition) is 1. The van der Waals surface area contributed by atoms with Crippen molar-refractivity contribution in [2.24, 2.45) is 7.05 Å². The van der Waals surface area contributed by atoms with Crippen LogP contribution >= 0.6 is 0 Å². The minimum absolute atomic E-state index is 0.0225. The van der Waals surface area contributed by atoms with Crippen LogP contribution in [-0.4, -0.2) is 73.4 Å². The van der Waals surface area contributed by atoms with Gasteiger partial charge in [0.1, 0.15) is 12.0 Å². The van der Waals surface area contributed by atoms with E-state index in [1.54, 1.807) is 16.9 Å². The van der Waals surface area contributed by atoms with E-state index in [0.717, 1.165) is 53.7 Å². The zero-order valence-electron chi connectivity index (χ0n) is 33.6. The number of nitro benzene ring substituents is 1. The van der Waals surface area contributed by atoms with Crippen molar-refractivity contribution in [1.29, 1.82) is 0 Å². The molecule has 0 unspecified atom stereocenters. The molecule has 1 aliphatic rings. The Labute approximate surface area is 354 Å². The molecule has 12 nitrogen and oxygen atoms in total. The SMILES string of the molecule is Cc1cc(N(C)CCN(C)C)c([N+](=O)[O-])cc1Nc1ncc(-c2ncnn2C)c(-c2cn3c4c(cccc24)CCC3)n1.FF.FF.FF.FF.FF.FF.FF.FF.FF.FF.FF.FF. The molecule has 4 heterocycles. The Bertz CT molecular complexity index is 1870. The van der Waals surface area contributed by atoms with Gasteiger partial charge in [-0.05, 0) is 51.1 Å². The van der Waals surface area contributed by atoms with Crippen LogP contribution < -0.4 is 10.2 Å². The molecule has 0 atom stereocenters. The standard InChI is InChI=1S/C30H34N10O2.12F2/c1-19-14-25(37(4)13-12-36(2)3)26(40(41)42)15-24(19)34-30-31-16-22(29-32-18-33-38(29)5)27(35-30)23-17-39-11-7-9-20-8-6-10-21(23)28(20)39;12*1-2/h6,8,10,14-18H,7,9,11-13H2,1-5H3,(H,31,34,35);;;;;;;;;;;;. The van der Waals surface area contributed by atoms with Gasteiger partial charge in [-0.25, -0.2) is 19.6 Å². The summed E-state index contributed by atoms with van der Waals surface area (Å²) in [4.78, 5) is 29.8. The molecule has 0 aliphatic carbocycles. The van der Waals surface area contributed by atoms with E-state index in [2.05, 4.69) is 49.3 Å². The molecule has 0 saturated heterocycles. The first kappa shape index (κ1) is 73.9. The average molecular weight is 1020 g/mol. The maximum absolute atomic E-state index is 12.1. The number of benzene rings is 2. The van der Waals surface area contributed by atoms with Crippen LogP contribution in [0.4, 0.5) is 133 Å². The highest BCUT2D eigenvalue weighted by molar-refractivity contribution is 6.00. The summed E-state index contributed by atoms with van der Waals surface area (Å²) in [6.45, 7) is 4.31. The highest BCUT2D eigenvalue weighted by atomic mass is 20.0. The molecule has 1 N–H and O–H groups in total. The molecule has 0 spiro atoms. The van der Waals surface area contributed by atoms with Crippen LogP contribution in [0.3, 0.4) is 0 Å². The van der Waals surface area contributed by atoms with E-state index in [4.69, 9.17) is 115 Å². The number of para-hydroxylation sites is 1. The molecule has 0 amide bonds. The van der Waals surface area contributed by atoms with Crippen molar-refractivity contribution in [3.8, 4) is 22.6 Å². The second-order valence-corrected chi connectivity index (χ2v) is 11.1. The highest BCUT2D eigenvalue weighted by Crippen LogP contribution is 2.39. The van der Waals surface area contributed by atoms with Gasteiger partial charge in [0, 0.05) is 173 Å². The Morgan fingerprint density at radius 2 is 1.27 bits per heavy atom. The molecule has 2 aromatic carbocycles. The van der Waals surface area contributed by atoms with Crippen LogP contribution in [-0.2, 0) is 20.0 Å². The Hall–Kier alpha value is -6.52. The summed E-state index contributed by atoms with van der Waals surface area (Å²) in [5.74, 6) is 0.995. The number of nitro groups is 1. The van der Waals surface area contributed by atoms with Crippen molar-refractivity contribution >= 4 is 33.9 Å². The monoisotopic (exact) mass is 1020 g/mol. The van der Waals surface area contributed by atoms with E-state index < -0.39 is 0 Å². The topological polar surface area (TPSA) is 123 Å². The molecule has 384 valence electrons. The van der Waals surface area contributed by atoms with E-state index >= 15 is 0 Å². The molecule has 0 bridgehead atoms. The molecule has 6 rings (SSSR count). The number of aryl methyl sites for hydroxylation is 4. The van der Waals surface area contributed by atoms with Gasteiger partial charge in [0.15, 0.2) is 5.82 Å². The molecule has 36 heteroatoms. The predicted octanol–water partition coefficient (Wildman–Crippen LogP) is 14.9. The normalized spacial score (nSPS) is 9.18. The number of halogens is 24. The zero-order valence-corrected chi connectivity index (χ0v) is 33.6. The number of aromatic nitrogens is 6. The Morgan fingerprint density at radius 3 is 1.74 bits per heavy atom. The van der Waals surface area contributed by atoms with Gasteiger partial charge < -0.3 is 19.7 Å². The quantitative estimate of drug-likeness (QED) is 0.0873. The zero-order chi connectivity index (χ0) is 53.5. The summed E-state index contributed by atoms with van der Waals surface area (Å²) in [7, 11) is 7.68. The third-order valence-electron chi connectivity index (χ3n) is 7.88. The molecule has 0 fully saturated rings. The molecule has 66 heavy (non-hydrogen) atoms. The largest absolute Gasteiger partial charge is 0.368 e. The van der Waals surface area contributed by atoms with Gasteiger partial charge in [-0.2, -0.15) is 5.10 Å². The van der Waals surface area contributed by atoms with Crippen molar-refractivity contribution < 1.29 is 115 Å². The fourth-order valence-corrected chi connectivity index (χ4v) is 5.65. The molecule has 3 aromatic heterocycles. The van der Waals surface area contributed by atoms with Gasteiger partial charge in [-0.1, -0.05) is 18.2 Å². The molecule has 5 aromatic rings. The molecular weight excluding hydrogens is 988 g/mol. The van der Waals surface area contributed by atoms with Gasteiger partial charge in [-0.3, -0.25) is 10.1 Å². The lowest BCUT2D eigenvalue weighted by Gasteiger charge is -2.22. The molecule has 0 saturated carbocycles. The van der Waals surface area contributed by atoms with Crippen molar-refractivity contribution in [1.82, 2.24) is 34.2 Å². The number of likely N-dealkylation sites (N-methyl/N-ethyl adjacent to an activating group) is 2. The Balaban J connectivity index is -0.000000253. The second kappa shape index (κ2) is 49.5. The van der Waals surface area contributed by atoms with Crippen molar-refractivity contribution in [3.05, 3.63) is 70.3 Å². The minimum Gasteiger partial charge on any atom is -0.368 e. The van der Waals surface area contributed by atoms with Crippen LogP contribution in [0.15, 0.2) is 49.1 Å². The van der Waals surface area contributed by atoms with Gasteiger partial charge in [0.25, 0.3) is 5.69 Å². The first-order valence-electron chi connectivity index (χ1n) is 15.7.